The van der Waals surface area contributed by atoms with Crippen LogP contribution in [0.4, 0.5) is 5.69 Å². The van der Waals surface area contributed by atoms with Crippen molar-refractivity contribution in [3.8, 4) is 11.5 Å². The molecule has 0 fully saturated rings. The molecule has 0 saturated heterocycles. The molecule has 0 radical (unpaired) electrons. The maximum Gasteiger partial charge on any atom is 0.173 e. The standard InChI is InChI=1S/C16H22N4O2S/c1-5-20-9-8-12(18-20)11-19(2)16(23)17-14-7-6-13(21-3)10-15(14)22-4/h6-10H,5,11H2,1-4H3,(H,17,23). The average molecular weight is 334 g/mol. The molecule has 7 heteroatoms. The van der Waals surface area contributed by atoms with E-state index in [0.29, 0.717) is 17.4 Å². The molecule has 1 heterocycles. The van der Waals surface area contributed by atoms with Crippen molar-refractivity contribution in [1.29, 1.82) is 0 Å². The Hall–Kier alpha value is -2.28. The topological polar surface area (TPSA) is 51.5 Å². The smallest absolute Gasteiger partial charge is 0.173 e. The highest BCUT2D eigenvalue weighted by atomic mass is 32.1. The number of aromatic nitrogens is 2. The molecule has 1 aromatic heterocycles. The molecule has 124 valence electrons. The molecule has 6 nitrogen and oxygen atoms in total. The van der Waals surface area contributed by atoms with Gasteiger partial charge in [0.05, 0.1) is 32.1 Å². The zero-order chi connectivity index (χ0) is 16.8. The number of anilines is 1. The van der Waals surface area contributed by atoms with Gasteiger partial charge in [0.15, 0.2) is 5.11 Å². The van der Waals surface area contributed by atoms with E-state index in [2.05, 4.69) is 17.3 Å². The number of rotatable bonds is 6. The molecule has 0 aliphatic carbocycles. The third-order valence-electron chi connectivity index (χ3n) is 3.42. The van der Waals surface area contributed by atoms with Crippen molar-refractivity contribution in [2.24, 2.45) is 0 Å². The van der Waals surface area contributed by atoms with Crippen molar-refractivity contribution in [3.05, 3.63) is 36.2 Å². The molecule has 0 atom stereocenters. The number of methoxy groups -OCH3 is 2. The Morgan fingerprint density at radius 3 is 2.70 bits per heavy atom. The zero-order valence-electron chi connectivity index (χ0n) is 13.9. The Morgan fingerprint density at radius 2 is 2.09 bits per heavy atom. The van der Waals surface area contributed by atoms with Crippen LogP contribution in [-0.4, -0.2) is 41.1 Å². The first-order valence-electron chi connectivity index (χ1n) is 7.33. The van der Waals surface area contributed by atoms with Crippen LogP contribution in [0.2, 0.25) is 0 Å². The van der Waals surface area contributed by atoms with E-state index in [4.69, 9.17) is 21.7 Å². The summed E-state index contributed by atoms with van der Waals surface area (Å²) in [6.07, 6.45) is 1.96. The molecule has 1 N–H and O–H groups in total. The molecular weight excluding hydrogens is 312 g/mol. The lowest BCUT2D eigenvalue weighted by molar-refractivity contribution is 0.395. The number of nitrogens with zero attached hydrogens (tertiary/aromatic N) is 3. The summed E-state index contributed by atoms with van der Waals surface area (Å²) >= 11 is 5.46. The summed E-state index contributed by atoms with van der Waals surface area (Å²) in [6.45, 7) is 3.55. The third-order valence-corrected chi connectivity index (χ3v) is 3.83. The number of benzene rings is 1. The summed E-state index contributed by atoms with van der Waals surface area (Å²) in [5.74, 6) is 1.41. The summed E-state index contributed by atoms with van der Waals surface area (Å²) < 4.78 is 12.5. The van der Waals surface area contributed by atoms with Gasteiger partial charge in [-0.25, -0.2) is 0 Å². The summed E-state index contributed by atoms with van der Waals surface area (Å²) in [6, 6.07) is 7.55. The van der Waals surface area contributed by atoms with Crippen LogP contribution in [0.25, 0.3) is 0 Å². The average Bonchev–Trinajstić information content (AvgIpc) is 3.02. The molecule has 0 spiro atoms. The number of thiocarbonyl (C=S) groups is 1. The summed E-state index contributed by atoms with van der Waals surface area (Å²) in [5.41, 5.74) is 1.77. The summed E-state index contributed by atoms with van der Waals surface area (Å²) in [4.78, 5) is 1.93. The van der Waals surface area contributed by atoms with Gasteiger partial charge in [-0.3, -0.25) is 4.68 Å². The molecule has 1 aromatic carbocycles. The van der Waals surface area contributed by atoms with Gasteiger partial charge in [-0.15, -0.1) is 0 Å². The highest BCUT2D eigenvalue weighted by Crippen LogP contribution is 2.29. The van der Waals surface area contributed by atoms with Crippen LogP contribution >= 0.6 is 12.2 Å². The van der Waals surface area contributed by atoms with Crippen molar-refractivity contribution in [3.63, 3.8) is 0 Å². The van der Waals surface area contributed by atoms with Gasteiger partial charge in [-0.05, 0) is 37.3 Å². The molecule has 0 unspecified atom stereocenters. The Labute approximate surface area is 142 Å². The van der Waals surface area contributed by atoms with Gasteiger partial charge in [0.1, 0.15) is 11.5 Å². The van der Waals surface area contributed by atoms with Crippen LogP contribution in [0.3, 0.4) is 0 Å². The molecule has 0 aliphatic heterocycles. The zero-order valence-corrected chi connectivity index (χ0v) is 14.7. The predicted octanol–water partition coefficient (Wildman–Crippen LogP) is 2.75. The molecule has 0 bridgehead atoms. The van der Waals surface area contributed by atoms with Crippen LogP contribution < -0.4 is 14.8 Å². The van der Waals surface area contributed by atoms with E-state index in [0.717, 1.165) is 23.7 Å². The lowest BCUT2D eigenvalue weighted by Crippen LogP contribution is -2.30. The number of aryl methyl sites for hydroxylation is 1. The van der Waals surface area contributed by atoms with Crippen molar-refractivity contribution in [2.75, 3.05) is 26.6 Å². The Balaban J connectivity index is 2.03. The normalized spacial score (nSPS) is 10.3. The minimum atomic E-state index is 0.597. The first-order chi connectivity index (χ1) is 11.1. The van der Waals surface area contributed by atoms with Crippen molar-refractivity contribution in [1.82, 2.24) is 14.7 Å². The molecule has 0 amide bonds. The Kier molecular flexibility index (Phi) is 5.81. The van der Waals surface area contributed by atoms with E-state index in [1.54, 1.807) is 14.2 Å². The largest absolute Gasteiger partial charge is 0.497 e. The van der Waals surface area contributed by atoms with Crippen LogP contribution in [0.1, 0.15) is 12.6 Å². The lowest BCUT2D eigenvalue weighted by atomic mass is 10.2. The second kappa shape index (κ2) is 7.82. The van der Waals surface area contributed by atoms with Gasteiger partial charge in [-0.2, -0.15) is 5.10 Å². The van der Waals surface area contributed by atoms with Gasteiger partial charge in [0.2, 0.25) is 0 Å². The molecule has 2 rings (SSSR count). The maximum absolute atomic E-state index is 5.46. The number of ether oxygens (including phenoxy) is 2. The lowest BCUT2D eigenvalue weighted by Gasteiger charge is -2.21. The van der Waals surface area contributed by atoms with E-state index in [9.17, 15) is 0 Å². The monoisotopic (exact) mass is 334 g/mol. The second-order valence-corrected chi connectivity index (χ2v) is 5.40. The fourth-order valence-corrected chi connectivity index (χ4v) is 2.27. The molecule has 23 heavy (non-hydrogen) atoms. The maximum atomic E-state index is 5.46. The summed E-state index contributed by atoms with van der Waals surface area (Å²) in [7, 11) is 5.16. The van der Waals surface area contributed by atoms with E-state index >= 15 is 0 Å². The third kappa shape index (κ3) is 4.35. The van der Waals surface area contributed by atoms with Gasteiger partial charge >= 0.3 is 0 Å². The first kappa shape index (κ1) is 17.1. The number of nitrogens with one attached hydrogen (secondary N) is 1. The van der Waals surface area contributed by atoms with E-state index in [-0.39, 0.29) is 0 Å². The van der Waals surface area contributed by atoms with E-state index in [1.165, 1.54) is 0 Å². The minimum absolute atomic E-state index is 0.597. The highest BCUT2D eigenvalue weighted by molar-refractivity contribution is 7.80. The second-order valence-electron chi connectivity index (χ2n) is 5.02. The molecular formula is C16H22N4O2S. The van der Waals surface area contributed by atoms with Gasteiger partial charge in [0, 0.05) is 25.9 Å². The van der Waals surface area contributed by atoms with Crippen molar-refractivity contribution in [2.45, 2.75) is 20.0 Å². The number of hydrogen-bond donors (Lipinski definition) is 1. The van der Waals surface area contributed by atoms with Crippen LogP contribution in [0, 0.1) is 0 Å². The summed E-state index contributed by atoms with van der Waals surface area (Å²) in [5, 5.41) is 8.25. The molecule has 0 aliphatic rings. The van der Waals surface area contributed by atoms with E-state index < -0.39 is 0 Å². The van der Waals surface area contributed by atoms with Gasteiger partial charge < -0.3 is 19.7 Å². The first-order valence-corrected chi connectivity index (χ1v) is 7.74. The van der Waals surface area contributed by atoms with Crippen LogP contribution in [0.5, 0.6) is 11.5 Å². The fourth-order valence-electron chi connectivity index (χ4n) is 2.09. The Bertz CT molecular complexity index is 672. The van der Waals surface area contributed by atoms with Gasteiger partial charge in [-0.1, -0.05) is 0 Å². The van der Waals surface area contributed by atoms with Crippen LogP contribution in [-0.2, 0) is 13.1 Å². The van der Waals surface area contributed by atoms with Crippen LogP contribution in [0.15, 0.2) is 30.5 Å². The molecule has 2 aromatic rings. The Morgan fingerprint density at radius 1 is 1.30 bits per heavy atom. The van der Waals surface area contributed by atoms with Crippen molar-refractivity contribution >= 4 is 23.0 Å². The number of hydrogen-bond acceptors (Lipinski definition) is 4. The van der Waals surface area contributed by atoms with Crippen molar-refractivity contribution < 1.29 is 9.47 Å². The molecule has 0 saturated carbocycles. The quantitative estimate of drug-likeness (QED) is 0.820. The van der Waals surface area contributed by atoms with E-state index in [1.807, 2.05) is 47.1 Å². The fraction of sp³-hybridized carbons (Fsp3) is 0.375. The highest BCUT2D eigenvalue weighted by Gasteiger charge is 2.11. The van der Waals surface area contributed by atoms with Gasteiger partial charge in [0.25, 0.3) is 0 Å². The minimum Gasteiger partial charge on any atom is -0.497 e. The predicted molar refractivity (Wildman–Crippen MR) is 95.1 cm³/mol. The SMILES string of the molecule is CCn1ccc(CN(C)C(=S)Nc2ccc(OC)cc2OC)n1.